The first-order valence-electron chi connectivity index (χ1n) is 14.5. The number of hydrogen-bond acceptors (Lipinski definition) is 9. The lowest BCUT2D eigenvalue weighted by atomic mass is 9.98. The van der Waals surface area contributed by atoms with Crippen molar-refractivity contribution in [1.82, 2.24) is 25.1 Å². The van der Waals surface area contributed by atoms with E-state index in [1.807, 2.05) is 12.1 Å². The number of halogens is 1. The Morgan fingerprint density at radius 1 is 1.07 bits per heavy atom. The first kappa shape index (κ1) is 30.0. The van der Waals surface area contributed by atoms with Gasteiger partial charge in [-0.05, 0) is 55.0 Å². The molecule has 42 heavy (non-hydrogen) atoms. The van der Waals surface area contributed by atoms with E-state index in [0.717, 1.165) is 70.0 Å². The Bertz CT molecular complexity index is 1380. The maximum absolute atomic E-state index is 12.3. The second-order valence-corrected chi connectivity index (χ2v) is 11.1. The monoisotopic (exact) mass is 593 g/mol. The van der Waals surface area contributed by atoms with Crippen LogP contribution in [0.25, 0.3) is 0 Å². The zero-order valence-corrected chi connectivity index (χ0v) is 25.3. The quantitative estimate of drug-likeness (QED) is 0.293. The molecule has 0 radical (unpaired) electrons. The summed E-state index contributed by atoms with van der Waals surface area (Å²) in [6, 6.07) is 12.0. The standard InChI is InChI=1S/C31H40ClN7O3/c1-33-30(40)24-8-4-5-10-26(24)35-29-25(32)20-34-31(37-29)36-27-12-11-21-19-22(7-6-9-23(21)28(27)42-3)39-15-13-38(14-16-39)17-18-41-2/h4-5,8,10-12,20,22H,6-7,9,13-19H2,1-3H3,(H,33,40)(H2,34,35,36,37). The summed E-state index contributed by atoms with van der Waals surface area (Å²) in [7, 11) is 5.08. The Kier molecular flexibility index (Phi) is 10.1. The minimum Gasteiger partial charge on any atom is -0.494 e. The SMILES string of the molecule is CNC(=O)c1ccccc1Nc1nc(Nc2ccc3c(c2OC)CCCC(N2CCN(CCOC)CC2)C3)ncc1Cl. The van der Waals surface area contributed by atoms with Crippen molar-refractivity contribution < 1.29 is 14.3 Å². The zero-order valence-electron chi connectivity index (χ0n) is 24.6. The van der Waals surface area contributed by atoms with Crippen LogP contribution in [0.2, 0.25) is 5.02 Å². The van der Waals surface area contributed by atoms with Gasteiger partial charge in [-0.25, -0.2) is 4.98 Å². The number of hydrogen-bond donors (Lipinski definition) is 3. The molecule has 2 aliphatic rings. The van der Waals surface area contributed by atoms with Crippen LogP contribution in [-0.2, 0) is 17.6 Å². The lowest BCUT2D eigenvalue weighted by molar-refractivity contribution is 0.0720. The number of nitrogens with zero attached hydrogens (tertiary/aromatic N) is 4. The minimum atomic E-state index is -0.206. The molecular weight excluding hydrogens is 554 g/mol. The van der Waals surface area contributed by atoms with Crippen LogP contribution in [0.4, 0.5) is 23.1 Å². The van der Waals surface area contributed by atoms with Crippen molar-refractivity contribution in [2.75, 3.05) is 71.2 Å². The van der Waals surface area contributed by atoms with Gasteiger partial charge in [0.2, 0.25) is 5.95 Å². The molecule has 224 valence electrons. The predicted molar refractivity (Wildman–Crippen MR) is 167 cm³/mol. The number of benzene rings is 2. The molecule has 1 fully saturated rings. The first-order valence-corrected chi connectivity index (χ1v) is 14.9. The van der Waals surface area contributed by atoms with E-state index < -0.39 is 0 Å². The molecule has 3 N–H and O–H groups in total. The Morgan fingerprint density at radius 2 is 1.88 bits per heavy atom. The van der Waals surface area contributed by atoms with Crippen LogP contribution in [0.15, 0.2) is 42.6 Å². The van der Waals surface area contributed by atoms with Gasteiger partial charge in [0, 0.05) is 52.9 Å². The lowest BCUT2D eigenvalue weighted by Gasteiger charge is -2.39. The highest BCUT2D eigenvalue weighted by Gasteiger charge is 2.28. The Hall–Kier alpha value is -3.44. The van der Waals surface area contributed by atoms with Crippen molar-refractivity contribution in [1.29, 1.82) is 0 Å². The maximum Gasteiger partial charge on any atom is 0.253 e. The fraction of sp³-hybridized carbons (Fsp3) is 0.452. The lowest BCUT2D eigenvalue weighted by Crippen LogP contribution is -2.51. The molecule has 3 aromatic rings. The normalized spacial score (nSPS) is 17.7. The van der Waals surface area contributed by atoms with Crippen LogP contribution in [0.3, 0.4) is 0 Å². The van der Waals surface area contributed by atoms with E-state index in [1.54, 1.807) is 33.4 Å². The molecule has 1 saturated heterocycles. The molecule has 1 aromatic heterocycles. The number of piperazine rings is 1. The second kappa shape index (κ2) is 14.2. The number of carbonyl (C=O) groups is 1. The third-order valence-corrected chi connectivity index (χ3v) is 8.44. The number of amides is 1. The number of rotatable bonds is 10. The number of para-hydroxylation sites is 1. The number of ether oxygens (including phenoxy) is 2. The molecular formula is C31H40ClN7O3. The smallest absolute Gasteiger partial charge is 0.253 e. The van der Waals surface area contributed by atoms with Gasteiger partial charge in [0.25, 0.3) is 5.91 Å². The number of fused-ring (bicyclic) bond motifs is 1. The van der Waals surface area contributed by atoms with Crippen LogP contribution in [0.1, 0.15) is 34.3 Å². The highest BCUT2D eigenvalue weighted by Crippen LogP contribution is 2.38. The summed E-state index contributed by atoms with van der Waals surface area (Å²) in [5, 5.41) is 9.53. The number of methoxy groups -OCH3 is 2. The number of carbonyl (C=O) groups excluding carboxylic acids is 1. The summed E-state index contributed by atoms with van der Waals surface area (Å²) in [5.41, 5.74) is 4.47. The van der Waals surface area contributed by atoms with Gasteiger partial charge in [-0.15, -0.1) is 0 Å². The van der Waals surface area contributed by atoms with Crippen LogP contribution in [0.5, 0.6) is 5.75 Å². The van der Waals surface area contributed by atoms with E-state index >= 15 is 0 Å². The topological polar surface area (TPSA) is 104 Å². The van der Waals surface area contributed by atoms with E-state index in [9.17, 15) is 4.79 Å². The summed E-state index contributed by atoms with van der Waals surface area (Å²) in [4.78, 5) is 26.5. The largest absolute Gasteiger partial charge is 0.494 e. The van der Waals surface area contributed by atoms with Gasteiger partial charge >= 0.3 is 0 Å². The third kappa shape index (κ3) is 6.95. The van der Waals surface area contributed by atoms with Crippen LogP contribution < -0.4 is 20.7 Å². The van der Waals surface area contributed by atoms with Gasteiger partial charge in [0.15, 0.2) is 5.82 Å². The van der Waals surface area contributed by atoms with Gasteiger partial charge in [0.05, 0.1) is 36.9 Å². The van der Waals surface area contributed by atoms with E-state index in [-0.39, 0.29) is 5.91 Å². The molecule has 11 heteroatoms. The molecule has 1 aliphatic heterocycles. The van der Waals surface area contributed by atoms with Gasteiger partial charge in [0.1, 0.15) is 10.8 Å². The Morgan fingerprint density at radius 3 is 2.64 bits per heavy atom. The highest BCUT2D eigenvalue weighted by atomic mass is 35.5. The van der Waals surface area contributed by atoms with Crippen LogP contribution in [-0.4, -0.2) is 92.3 Å². The predicted octanol–water partition coefficient (Wildman–Crippen LogP) is 4.50. The Balaban J connectivity index is 1.32. The summed E-state index contributed by atoms with van der Waals surface area (Å²) in [5.74, 6) is 1.39. The minimum absolute atomic E-state index is 0.206. The van der Waals surface area contributed by atoms with Gasteiger partial charge in [-0.2, -0.15) is 4.98 Å². The maximum atomic E-state index is 12.3. The molecule has 1 amide bonds. The van der Waals surface area contributed by atoms with E-state index in [1.165, 1.54) is 23.7 Å². The molecule has 10 nitrogen and oxygen atoms in total. The molecule has 0 spiro atoms. The number of aromatic nitrogens is 2. The van der Waals surface area contributed by atoms with Crippen LogP contribution in [0, 0.1) is 0 Å². The fourth-order valence-corrected chi connectivity index (χ4v) is 6.05. The number of anilines is 4. The van der Waals surface area contributed by atoms with Crippen molar-refractivity contribution in [3.8, 4) is 5.75 Å². The molecule has 1 unspecified atom stereocenters. The molecule has 0 bridgehead atoms. The van der Waals surface area contributed by atoms with Crippen LogP contribution >= 0.6 is 11.6 Å². The zero-order chi connectivity index (χ0) is 29.5. The molecule has 1 aliphatic carbocycles. The molecule has 1 atom stereocenters. The fourth-order valence-electron chi connectivity index (χ4n) is 5.91. The third-order valence-electron chi connectivity index (χ3n) is 8.16. The molecule has 2 heterocycles. The molecule has 5 rings (SSSR count). The van der Waals surface area contributed by atoms with Gasteiger partial charge in [-0.1, -0.05) is 29.8 Å². The first-order chi connectivity index (χ1) is 20.5. The molecule has 0 saturated carbocycles. The van der Waals surface area contributed by atoms with Gasteiger partial charge in [-0.3, -0.25) is 14.6 Å². The van der Waals surface area contributed by atoms with E-state index in [0.29, 0.717) is 34.1 Å². The second-order valence-electron chi connectivity index (χ2n) is 10.7. The average Bonchev–Trinajstić information content (AvgIpc) is 3.24. The Labute approximate surface area is 252 Å². The van der Waals surface area contributed by atoms with Crippen molar-refractivity contribution in [2.24, 2.45) is 0 Å². The van der Waals surface area contributed by atoms with Crippen molar-refractivity contribution in [2.45, 2.75) is 31.7 Å². The van der Waals surface area contributed by atoms with Crippen molar-refractivity contribution >= 4 is 40.6 Å². The summed E-state index contributed by atoms with van der Waals surface area (Å²) in [6.45, 7) is 6.17. The van der Waals surface area contributed by atoms with E-state index in [2.05, 4.69) is 47.9 Å². The summed E-state index contributed by atoms with van der Waals surface area (Å²) >= 11 is 6.44. The number of nitrogens with one attached hydrogen (secondary N) is 3. The van der Waals surface area contributed by atoms with Crippen molar-refractivity contribution in [3.05, 3.63) is 64.3 Å². The summed E-state index contributed by atoms with van der Waals surface area (Å²) < 4.78 is 11.2. The van der Waals surface area contributed by atoms with Crippen molar-refractivity contribution in [3.63, 3.8) is 0 Å². The molecule has 2 aromatic carbocycles. The average molecular weight is 594 g/mol. The highest BCUT2D eigenvalue weighted by molar-refractivity contribution is 6.33. The summed E-state index contributed by atoms with van der Waals surface area (Å²) in [6.07, 6.45) is 5.80. The van der Waals surface area contributed by atoms with Gasteiger partial charge < -0.3 is 25.4 Å². The van der Waals surface area contributed by atoms with E-state index in [4.69, 9.17) is 21.1 Å².